The molecule has 0 atom stereocenters. The van der Waals surface area contributed by atoms with Gasteiger partial charge in [-0.05, 0) is 111 Å². The lowest BCUT2D eigenvalue weighted by atomic mass is 9.42. The number of aryl methyl sites for hydroxylation is 2. The van der Waals surface area contributed by atoms with E-state index < -0.39 is 5.41 Å². The van der Waals surface area contributed by atoms with Crippen molar-refractivity contribution in [3.8, 4) is 22.3 Å². The Bertz CT molecular complexity index is 2700. The van der Waals surface area contributed by atoms with E-state index in [4.69, 9.17) is 0 Å². The fraction of sp³-hybridized carbons (Fsp3) is 0.0588. The van der Waals surface area contributed by atoms with Gasteiger partial charge in [0.15, 0.2) is 0 Å². The average Bonchev–Trinajstić information content (AvgIpc) is 3.23. The van der Waals surface area contributed by atoms with Crippen LogP contribution in [0.15, 0.2) is 188 Å². The smallest absolute Gasteiger partial charge is 0.333 e. The average molecular weight is 689 g/mol. The lowest BCUT2D eigenvalue weighted by Gasteiger charge is -2.53. The molecule has 0 saturated carbocycles. The van der Waals surface area contributed by atoms with Gasteiger partial charge < -0.3 is 9.71 Å². The first-order valence-electron chi connectivity index (χ1n) is 19.0. The lowest BCUT2D eigenvalue weighted by Crippen LogP contribution is -2.63. The molecule has 8 aromatic rings. The van der Waals surface area contributed by atoms with Crippen molar-refractivity contribution < 1.29 is 0 Å². The Labute approximate surface area is 317 Å². The fourth-order valence-electron chi connectivity index (χ4n) is 10.1. The van der Waals surface area contributed by atoms with E-state index in [9.17, 15) is 0 Å². The molecule has 8 aromatic carbocycles. The minimum atomic E-state index is -0.532. The molecule has 0 unspecified atom stereocenters. The van der Waals surface area contributed by atoms with Crippen LogP contribution in [-0.2, 0) is 5.41 Å². The number of fused-ring (bicyclic) bond motifs is 6. The summed E-state index contributed by atoms with van der Waals surface area (Å²) >= 11 is 0. The Hall–Kier alpha value is -6.58. The van der Waals surface area contributed by atoms with Crippen molar-refractivity contribution in [1.82, 2.24) is 0 Å². The van der Waals surface area contributed by atoms with Gasteiger partial charge >= 0.3 is 6.85 Å². The topological polar surface area (TPSA) is 6.48 Å². The number of anilines is 5. The van der Waals surface area contributed by atoms with Crippen LogP contribution in [0.3, 0.4) is 0 Å². The molecule has 0 N–H and O–H groups in total. The number of hydrogen-bond acceptors (Lipinski definition) is 2. The van der Waals surface area contributed by atoms with E-state index in [0.29, 0.717) is 0 Å². The molecular weight excluding hydrogens is 651 g/mol. The fourth-order valence-corrected chi connectivity index (χ4v) is 10.1. The maximum atomic E-state index is 2.69. The molecule has 0 spiro atoms. The van der Waals surface area contributed by atoms with Crippen LogP contribution in [0.2, 0.25) is 0 Å². The third-order valence-corrected chi connectivity index (χ3v) is 12.1. The van der Waals surface area contributed by atoms with Crippen LogP contribution in [-0.4, -0.2) is 6.85 Å². The maximum Gasteiger partial charge on any atom is 0.333 e. The predicted molar refractivity (Wildman–Crippen MR) is 227 cm³/mol. The Balaban J connectivity index is 1.33. The first-order valence-corrected chi connectivity index (χ1v) is 19.0. The van der Waals surface area contributed by atoms with E-state index in [2.05, 4.69) is 212 Å². The normalized spacial score (nSPS) is 14.1. The number of hydrogen-bond donors (Lipinski definition) is 0. The molecule has 11 rings (SSSR count). The van der Waals surface area contributed by atoms with Crippen molar-refractivity contribution in [2.45, 2.75) is 19.3 Å². The van der Waals surface area contributed by atoms with E-state index >= 15 is 0 Å². The Kier molecular flexibility index (Phi) is 6.72. The van der Waals surface area contributed by atoms with Crippen molar-refractivity contribution in [2.75, 3.05) is 9.71 Å². The van der Waals surface area contributed by atoms with Gasteiger partial charge in [0, 0.05) is 34.0 Å². The number of para-hydroxylation sites is 4. The van der Waals surface area contributed by atoms with Gasteiger partial charge in [-0.3, -0.25) is 0 Å². The third kappa shape index (κ3) is 4.12. The van der Waals surface area contributed by atoms with Gasteiger partial charge in [0.25, 0.3) is 0 Å². The highest BCUT2D eigenvalue weighted by atomic mass is 15.2. The van der Waals surface area contributed by atoms with Crippen LogP contribution >= 0.6 is 0 Å². The van der Waals surface area contributed by atoms with Crippen LogP contribution in [0.25, 0.3) is 22.3 Å². The van der Waals surface area contributed by atoms with E-state index in [0.717, 1.165) is 5.69 Å². The SMILES string of the molecule is Cc1cccc(C)c1-c1cc2c3c(c1)N(c1ccccc1)c1ccccc1B3N1c3ccccc3C(c3ccccc3)(c3ccccc3)c3cccc-2c31. The largest absolute Gasteiger partial charge is 0.376 e. The van der Waals surface area contributed by atoms with Crippen LogP contribution in [0.5, 0.6) is 0 Å². The van der Waals surface area contributed by atoms with Crippen molar-refractivity contribution >= 4 is 46.2 Å². The zero-order chi connectivity index (χ0) is 36.0. The molecule has 0 saturated heterocycles. The first kappa shape index (κ1) is 31.0. The summed E-state index contributed by atoms with van der Waals surface area (Å²) in [6.45, 7) is 4.45. The minimum Gasteiger partial charge on any atom is -0.376 e. The summed E-state index contributed by atoms with van der Waals surface area (Å²) < 4.78 is 0. The summed E-state index contributed by atoms with van der Waals surface area (Å²) in [7, 11) is 0. The van der Waals surface area contributed by atoms with Gasteiger partial charge in [-0.2, -0.15) is 0 Å². The monoisotopic (exact) mass is 688 g/mol. The highest BCUT2D eigenvalue weighted by Gasteiger charge is 2.53. The molecule has 254 valence electrons. The minimum absolute atomic E-state index is 0.0440. The molecule has 3 heterocycles. The van der Waals surface area contributed by atoms with E-state index in [-0.39, 0.29) is 6.85 Å². The number of nitrogens with zero attached hydrogens (tertiary/aromatic N) is 2. The van der Waals surface area contributed by atoms with E-state index in [1.807, 2.05) is 0 Å². The molecule has 3 heteroatoms. The first-order chi connectivity index (χ1) is 26.7. The van der Waals surface area contributed by atoms with Gasteiger partial charge in [-0.25, -0.2) is 0 Å². The summed E-state index contributed by atoms with van der Waals surface area (Å²) in [5.74, 6) is 0. The summed E-state index contributed by atoms with van der Waals surface area (Å²) in [6, 6.07) is 70.2. The van der Waals surface area contributed by atoms with Gasteiger partial charge in [0.2, 0.25) is 0 Å². The third-order valence-electron chi connectivity index (χ3n) is 12.1. The Morgan fingerprint density at radius 1 is 0.463 bits per heavy atom. The van der Waals surface area contributed by atoms with Crippen LogP contribution in [0.4, 0.5) is 28.4 Å². The molecule has 54 heavy (non-hydrogen) atoms. The second kappa shape index (κ2) is 11.7. The molecule has 3 aliphatic heterocycles. The molecule has 0 fully saturated rings. The summed E-state index contributed by atoms with van der Waals surface area (Å²) in [5, 5.41) is 0. The predicted octanol–water partition coefficient (Wildman–Crippen LogP) is 11.4. The van der Waals surface area contributed by atoms with E-state index in [1.54, 1.807) is 0 Å². The van der Waals surface area contributed by atoms with Crippen molar-refractivity contribution in [2.24, 2.45) is 0 Å². The number of rotatable bonds is 4. The molecule has 0 aromatic heterocycles. The summed E-state index contributed by atoms with van der Waals surface area (Å²) in [6.07, 6.45) is 0. The van der Waals surface area contributed by atoms with Gasteiger partial charge in [0.05, 0.1) is 5.41 Å². The van der Waals surface area contributed by atoms with Crippen molar-refractivity contribution in [1.29, 1.82) is 0 Å². The zero-order valence-electron chi connectivity index (χ0n) is 30.4. The van der Waals surface area contributed by atoms with Gasteiger partial charge in [-0.15, -0.1) is 0 Å². The molecule has 0 aliphatic carbocycles. The second-order valence-corrected chi connectivity index (χ2v) is 14.9. The van der Waals surface area contributed by atoms with Gasteiger partial charge in [0.1, 0.15) is 0 Å². The molecular formula is C51H37BN2. The maximum absolute atomic E-state index is 2.69. The van der Waals surface area contributed by atoms with Crippen molar-refractivity contribution in [3.63, 3.8) is 0 Å². The molecule has 2 nitrogen and oxygen atoms in total. The highest BCUT2D eigenvalue weighted by molar-refractivity contribution is 6.93. The Morgan fingerprint density at radius 3 is 1.74 bits per heavy atom. The summed E-state index contributed by atoms with van der Waals surface area (Å²) in [4.78, 5) is 5.19. The molecule has 0 radical (unpaired) electrons. The Morgan fingerprint density at radius 2 is 1.04 bits per heavy atom. The van der Waals surface area contributed by atoms with Gasteiger partial charge in [-0.1, -0.05) is 152 Å². The molecule has 3 aliphatic rings. The van der Waals surface area contributed by atoms with Crippen LogP contribution in [0, 0.1) is 13.8 Å². The highest BCUT2D eigenvalue weighted by Crippen LogP contribution is 2.60. The van der Waals surface area contributed by atoms with Crippen molar-refractivity contribution in [3.05, 3.63) is 221 Å². The van der Waals surface area contributed by atoms with Crippen LogP contribution < -0.4 is 20.6 Å². The molecule has 0 amide bonds. The van der Waals surface area contributed by atoms with E-state index in [1.165, 1.54) is 89.3 Å². The second-order valence-electron chi connectivity index (χ2n) is 14.9. The standard InChI is InChI=1S/C51H37BN2/c1-34-18-16-19-35(2)48(34)36-32-41-40-26-17-28-43-50(40)54(52-44-29-13-15-31-46(44)53(47(33-36)49(41)52)39-24-10-5-11-25-39)45-30-14-12-27-42(45)51(43,37-20-6-3-7-21-37)38-22-8-4-9-23-38/h3-33H,1-2H3. The lowest BCUT2D eigenvalue weighted by molar-refractivity contribution is 0.734. The molecule has 0 bridgehead atoms. The summed E-state index contributed by atoms with van der Waals surface area (Å²) in [5.41, 5.74) is 21.1. The van der Waals surface area contributed by atoms with Crippen LogP contribution in [0.1, 0.15) is 33.4 Å². The number of benzene rings is 8. The zero-order valence-corrected chi connectivity index (χ0v) is 30.4. The quantitative estimate of drug-likeness (QED) is 0.170.